The van der Waals surface area contributed by atoms with Crippen LogP contribution in [0.1, 0.15) is 53.0 Å². The minimum atomic E-state index is 0.139. The molecule has 0 aromatic heterocycles. The summed E-state index contributed by atoms with van der Waals surface area (Å²) in [6, 6.07) is 8.36. The molecule has 2 nitrogen and oxygen atoms in total. The summed E-state index contributed by atoms with van der Waals surface area (Å²) in [5.41, 5.74) is 1.43. The van der Waals surface area contributed by atoms with Gasteiger partial charge >= 0.3 is 0 Å². The summed E-state index contributed by atoms with van der Waals surface area (Å²) in [5.74, 6) is 1.04. The second kappa shape index (κ2) is 7.54. The topological polar surface area (TPSA) is 21.3 Å². The Kier molecular flexibility index (Phi) is 6.36. The maximum atomic E-state index is 6.21. The van der Waals surface area contributed by atoms with Crippen molar-refractivity contribution in [1.29, 1.82) is 0 Å². The second-order valence-electron chi connectivity index (χ2n) is 6.12. The quantitative estimate of drug-likeness (QED) is 0.796. The molecular formula is C17H29NO. The number of benzene rings is 1. The van der Waals surface area contributed by atoms with Crippen LogP contribution >= 0.6 is 0 Å². The molecule has 0 saturated heterocycles. The van der Waals surface area contributed by atoms with E-state index in [0.717, 1.165) is 31.6 Å². The van der Waals surface area contributed by atoms with E-state index in [1.807, 2.05) is 0 Å². The molecule has 0 heterocycles. The van der Waals surface area contributed by atoms with Gasteiger partial charge in [-0.3, -0.25) is 0 Å². The molecule has 0 spiro atoms. The zero-order valence-electron chi connectivity index (χ0n) is 13.1. The molecule has 2 heteroatoms. The summed E-state index contributed by atoms with van der Waals surface area (Å²) in [5, 5.41) is 3.54. The van der Waals surface area contributed by atoms with Gasteiger partial charge in [-0.2, -0.15) is 0 Å². The van der Waals surface area contributed by atoms with Gasteiger partial charge in [-0.25, -0.2) is 0 Å². The van der Waals surface area contributed by atoms with Gasteiger partial charge in [0.1, 0.15) is 11.9 Å². The Balaban J connectivity index is 2.66. The molecule has 1 N–H and O–H groups in total. The first-order chi connectivity index (χ1) is 8.96. The molecule has 1 rings (SSSR count). The monoisotopic (exact) mass is 263 g/mol. The van der Waals surface area contributed by atoms with Crippen molar-refractivity contribution in [2.24, 2.45) is 0 Å². The Bertz CT molecular complexity index is 368. The maximum absolute atomic E-state index is 6.21. The second-order valence-corrected chi connectivity index (χ2v) is 6.12. The summed E-state index contributed by atoms with van der Waals surface area (Å²) < 4.78 is 6.21. The van der Waals surface area contributed by atoms with Crippen LogP contribution in [-0.2, 0) is 6.42 Å². The molecule has 1 aromatic rings. The third-order valence-electron chi connectivity index (χ3n) is 3.12. The zero-order chi connectivity index (χ0) is 14.3. The lowest BCUT2D eigenvalue weighted by atomic mass is 10.1. The number of para-hydroxylation sites is 1. The van der Waals surface area contributed by atoms with Gasteiger partial charge in [-0.05, 0) is 45.2 Å². The number of hydrogen-bond acceptors (Lipinski definition) is 2. The Morgan fingerprint density at radius 3 is 2.42 bits per heavy atom. The summed E-state index contributed by atoms with van der Waals surface area (Å²) >= 11 is 0. The molecular weight excluding hydrogens is 234 g/mol. The van der Waals surface area contributed by atoms with Crippen molar-refractivity contribution in [1.82, 2.24) is 5.32 Å². The van der Waals surface area contributed by atoms with E-state index < -0.39 is 0 Å². The lowest BCUT2D eigenvalue weighted by molar-refractivity contribution is 0.173. The van der Waals surface area contributed by atoms with Gasteiger partial charge in [-0.1, -0.05) is 38.5 Å². The van der Waals surface area contributed by atoms with Gasteiger partial charge < -0.3 is 10.1 Å². The van der Waals surface area contributed by atoms with Gasteiger partial charge in [0.15, 0.2) is 0 Å². The zero-order valence-corrected chi connectivity index (χ0v) is 13.1. The average Bonchev–Trinajstić information content (AvgIpc) is 2.36. The van der Waals surface area contributed by atoms with E-state index >= 15 is 0 Å². The Morgan fingerprint density at radius 1 is 1.16 bits per heavy atom. The maximum Gasteiger partial charge on any atom is 0.122 e. The van der Waals surface area contributed by atoms with Crippen molar-refractivity contribution in [2.45, 2.75) is 65.5 Å². The van der Waals surface area contributed by atoms with Gasteiger partial charge in [0, 0.05) is 12.1 Å². The standard InChI is InChI=1S/C17H29NO/c1-6-10-15(13-18-17(3,4)5)19-16-12-9-8-11-14(16)7-2/h8-9,11-12,15,18H,6-7,10,13H2,1-5H3. The van der Waals surface area contributed by atoms with Crippen LogP contribution in [-0.4, -0.2) is 18.2 Å². The summed E-state index contributed by atoms with van der Waals surface area (Å²) in [7, 11) is 0. The van der Waals surface area contributed by atoms with Crippen LogP contribution in [0.3, 0.4) is 0 Å². The lowest BCUT2D eigenvalue weighted by Gasteiger charge is -2.26. The molecule has 0 amide bonds. The Hall–Kier alpha value is -1.02. The third kappa shape index (κ3) is 6.11. The molecule has 0 aliphatic rings. The van der Waals surface area contributed by atoms with E-state index in [1.165, 1.54) is 5.56 Å². The lowest BCUT2D eigenvalue weighted by Crippen LogP contribution is -2.42. The molecule has 1 unspecified atom stereocenters. The van der Waals surface area contributed by atoms with Crippen LogP contribution in [0.5, 0.6) is 5.75 Å². The van der Waals surface area contributed by atoms with E-state index in [-0.39, 0.29) is 11.6 Å². The molecule has 0 radical (unpaired) electrons. The first kappa shape index (κ1) is 16.0. The number of hydrogen-bond donors (Lipinski definition) is 1. The Labute approximate surface area is 118 Å². The smallest absolute Gasteiger partial charge is 0.122 e. The highest BCUT2D eigenvalue weighted by Crippen LogP contribution is 2.21. The summed E-state index contributed by atoms with van der Waals surface area (Å²) in [6.45, 7) is 11.8. The van der Waals surface area contributed by atoms with E-state index in [2.05, 4.69) is 64.2 Å². The fourth-order valence-corrected chi connectivity index (χ4v) is 2.04. The summed E-state index contributed by atoms with van der Waals surface area (Å²) in [6.07, 6.45) is 3.49. The molecule has 108 valence electrons. The minimum Gasteiger partial charge on any atom is -0.489 e. The van der Waals surface area contributed by atoms with Crippen molar-refractivity contribution in [3.05, 3.63) is 29.8 Å². The minimum absolute atomic E-state index is 0.139. The van der Waals surface area contributed by atoms with Gasteiger partial charge in [0.05, 0.1) is 0 Å². The molecule has 0 fully saturated rings. The molecule has 0 bridgehead atoms. The normalized spacial score (nSPS) is 13.3. The van der Waals surface area contributed by atoms with E-state index in [9.17, 15) is 0 Å². The highest BCUT2D eigenvalue weighted by Gasteiger charge is 2.15. The number of aryl methyl sites for hydroxylation is 1. The van der Waals surface area contributed by atoms with Crippen LogP contribution in [0.25, 0.3) is 0 Å². The van der Waals surface area contributed by atoms with E-state index in [4.69, 9.17) is 4.74 Å². The summed E-state index contributed by atoms with van der Waals surface area (Å²) in [4.78, 5) is 0. The molecule has 1 aromatic carbocycles. The van der Waals surface area contributed by atoms with Crippen LogP contribution in [0.4, 0.5) is 0 Å². The third-order valence-corrected chi connectivity index (χ3v) is 3.12. The van der Waals surface area contributed by atoms with Crippen LogP contribution in [0, 0.1) is 0 Å². The van der Waals surface area contributed by atoms with Crippen molar-refractivity contribution >= 4 is 0 Å². The molecule has 1 atom stereocenters. The SMILES string of the molecule is CCCC(CNC(C)(C)C)Oc1ccccc1CC. The van der Waals surface area contributed by atoms with Crippen LogP contribution in [0.2, 0.25) is 0 Å². The van der Waals surface area contributed by atoms with Crippen molar-refractivity contribution in [3.63, 3.8) is 0 Å². The first-order valence-electron chi connectivity index (χ1n) is 7.45. The largest absolute Gasteiger partial charge is 0.489 e. The van der Waals surface area contributed by atoms with Crippen molar-refractivity contribution < 1.29 is 4.74 Å². The van der Waals surface area contributed by atoms with Crippen molar-refractivity contribution in [2.75, 3.05) is 6.54 Å². The van der Waals surface area contributed by atoms with E-state index in [0.29, 0.717) is 0 Å². The predicted octanol–water partition coefficient (Wildman–Crippen LogP) is 4.18. The fourth-order valence-electron chi connectivity index (χ4n) is 2.04. The van der Waals surface area contributed by atoms with Gasteiger partial charge in [0.25, 0.3) is 0 Å². The van der Waals surface area contributed by atoms with Gasteiger partial charge in [0.2, 0.25) is 0 Å². The van der Waals surface area contributed by atoms with Crippen LogP contribution < -0.4 is 10.1 Å². The van der Waals surface area contributed by atoms with E-state index in [1.54, 1.807) is 0 Å². The van der Waals surface area contributed by atoms with Crippen LogP contribution in [0.15, 0.2) is 24.3 Å². The predicted molar refractivity (Wildman–Crippen MR) is 82.9 cm³/mol. The number of ether oxygens (including phenoxy) is 1. The molecule has 0 saturated carbocycles. The van der Waals surface area contributed by atoms with Crippen molar-refractivity contribution in [3.8, 4) is 5.75 Å². The highest BCUT2D eigenvalue weighted by atomic mass is 16.5. The highest BCUT2D eigenvalue weighted by molar-refractivity contribution is 5.33. The number of nitrogens with one attached hydrogen (secondary N) is 1. The average molecular weight is 263 g/mol. The molecule has 0 aliphatic carbocycles. The van der Waals surface area contributed by atoms with Gasteiger partial charge in [-0.15, -0.1) is 0 Å². The fraction of sp³-hybridized carbons (Fsp3) is 0.647. The molecule has 0 aliphatic heterocycles. The molecule has 19 heavy (non-hydrogen) atoms. The Morgan fingerprint density at radius 2 is 1.84 bits per heavy atom. The first-order valence-corrected chi connectivity index (χ1v) is 7.45. The number of rotatable bonds is 7.